The normalized spacial score (nSPS) is 12.4. The third kappa shape index (κ3) is 3.78. The summed E-state index contributed by atoms with van der Waals surface area (Å²) in [6, 6.07) is 12.9. The van der Waals surface area contributed by atoms with Crippen LogP contribution in [-0.4, -0.2) is 0 Å². The van der Waals surface area contributed by atoms with Gasteiger partial charge in [0, 0.05) is 27.6 Å². The molecule has 2 aromatic rings. The second-order valence-corrected chi connectivity index (χ2v) is 5.68. The Kier molecular flexibility index (Phi) is 4.97. The fourth-order valence-corrected chi connectivity index (χ4v) is 2.32. The van der Waals surface area contributed by atoms with Gasteiger partial charge in [0.1, 0.15) is 5.82 Å². The summed E-state index contributed by atoms with van der Waals surface area (Å²) in [4.78, 5) is 0. The summed E-state index contributed by atoms with van der Waals surface area (Å²) in [6.07, 6.45) is 0. The Morgan fingerprint density at radius 3 is 2.53 bits per heavy atom. The zero-order valence-electron chi connectivity index (χ0n) is 10.5. The van der Waals surface area contributed by atoms with Crippen molar-refractivity contribution in [2.24, 2.45) is 0 Å². The molecule has 0 spiro atoms. The van der Waals surface area contributed by atoms with Crippen molar-refractivity contribution < 1.29 is 4.39 Å². The van der Waals surface area contributed by atoms with E-state index in [2.05, 4.69) is 21.2 Å². The van der Waals surface area contributed by atoms with Crippen LogP contribution in [0.4, 0.5) is 4.39 Å². The van der Waals surface area contributed by atoms with E-state index in [0.717, 1.165) is 10.0 Å². The average Bonchev–Trinajstić information content (AvgIpc) is 2.38. The van der Waals surface area contributed by atoms with Crippen LogP contribution in [0.2, 0.25) is 5.02 Å². The number of halogens is 3. The Labute approximate surface area is 125 Å². The van der Waals surface area contributed by atoms with Crippen LogP contribution in [0.25, 0.3) is 0 Å². The van der Waals surface area contributed by atoms with Gasteiger partial charge in [-0.1, -0.05) is 45.7 Å². The van der Waals surface area contributed by atoms with Crippen molar-refractivity contribution in [2.45, 2.75) is 19.5 Å². The summed E-state index contributed by atoms with van der Waals surface area (Å²) in [5.41, 5.74) is 1.66. The van der Waals surface area contributed by atoms with Gasteiger partial charge in [-0.05, 0) is 36.8 Å². The molecule has 2 rings (SSSR count). The second kappa shape index (κ2) is 6.51. The first kappa shape index (κ1) is 14.5. The topological polar surface area (TPSA) is 12.0 Å². The predicted octanol–water partition coefficient (Wildman–Crippen LogP) is 5.09. The van der Waals surface area contributed by atoms with E-state index in [1.807, 2.05) is 31.2 Å². The van der Waals surface area contributed by atoms with E-state index >= 15 is 0 Å². The Balaban J connectivity index is 2.04. The Hall–Kier alpha value is -0.900. The first-order chi connectivity index (χ1) is 9.08. The van der Waals surface area contributed by atoms with Crippen molar-refractivity contribution >= 4 is 27.5 Å². The molecule has 0 bridgehead atoms. The van der Waals surface area contributed by atoms with E-state index in [-0.39, 0.29) is 11.9 Å². The SMILES string of the molecule is C[C@@H](NCc1c(F)cccc1Cl)c1ccc(Br)cc1. The fourth-order valence-electron chi connectivity index (χ4n) is 1.83. The van der Waals surface area contributed by atoms with E-state index in [4.69, 9.17) is 11.6 Å². The second-order valence-electron chi connectivity index (χ2n) is 4.35. The third-order valence-corrected chi connectivity index (χ3v) is 3.90. The lowest BCUT2D eigenvalue weighted by Crippen LogP contribution is -2.19. The van der Waals surface area contributed by atoms with Gasteiger partial charge in [-0.2, -0.15) is 0 Å². The van der Waals surface area contributed by atoms with Crippen molar-refractivity contribution in [3.8, 4) is 0 Å². The minimum Gasteiger partial charge on any atom is -0.306 e. The Morgan fingerprint density at radius 2 is 1.89 bits per heavy atom. The van der Waals surface area contributed by atoms with Gasteiger partial charge in [-0.15, -0.1) is 0 Å². The molecular weight excluding hydrogens is 329 g/mol. The summed E-state index contributed by atoms with van der Waals surface area (Å²) < 4.78 is 14.7. The number of hydrogen-bond donors (Lipinski definition) is 1. The molecule has 0 aliphatic heterocycles. The van der Waals surface area contributed by atoms with Crippen LogP contribution in [0.5, 0.6) is 0 Å². The zero-order valence-corrected chi connectivity index (χ0v) is 12.8. The Bertz CT molecular complexity index is 536. The molecule has 1 atom stereocenters. The molecule has 1 N–H and O–H groups in total. The quantitative estimate of drug-likeness (QED) is 0.816. The van der Waals surface area contributed by atoms with Gasteiger partial charge < -0.3 is 5.32 Å². The maximum absolute atomic E-state index is 13.6. The molecule has 0 radical (unpaired) electrons. The molecule has 2 aromatic carbocycles. The van der Waals surface area contributed by atoms with Crippen LogP contribution in [0.1, 0.15) is 24.1 Å². The molecule has 0 saturated carbocycles. The van der Waals surface area contributed by atoms with Crippen LogP contribution in [0, 0.1) is 5.82 Å². The first-order valence-electron chi connectivity index (χ1n) is 5.99. The van der Waals surface area contributed by atoms with Crippen LogP contribution in [0.15, 0.2) is 46.9 Å². The molecule has 4 heteroatoms. The van der Waals surface area contributed by atoms with Crippen LogP contribution >= 0.6 is 27.5 Å². The fraction of sp³-hybridized carbons (Fsp3) is 0.200. The van der Waals surface area contributed by atoms with Gasteiger partial charge in [0.2, 0.25) is 0 Å². The molecule has 0 fully saturated rings. The molecule has 100 valence electrons. The molecule has 0 aliphatic rings. The molecule has 0 heterocycles. The highest BCUT2D eigenvalue weighted by Gasteiger charge is 2.09. The summed E-state index contributed by atoms with van der Waals surface area (Å²) in [6.45, 7) is 2.45. The van der Waals surface area contributed by atoms with E-state index in [1.165, 1.54) is 6.07 Å². The average molecular weight is 343 g/mol. The van der Waals surface area contributed by atoms with Crippen LogP contribution in [-0.2, 0) is 6.54 Å². The lowest BCUT2D eigenvalue weighted by molar-refractivity contribution is 0.544. The van der Waals surface area contributed by atoms with Gasteiger partial charge in [-0.25, -0.2) is 4.39 Å². The molecule has 0 saturated heterocycles. The van der Waals surface area contributed by atoms with Gasteiger partial charge in [0.15, 0.2) is 0 Å². The summed E-state index contributed by atoms with van der Waals surface area (Å²) in [5.74, 6) is -0.275. The van der Waals surface area contributed by atoms with Crippen molar-refractivity contribution in [1.29, 1.82) is 0 Å². The van der Waals surface area contributed by atoms with Crippen LogP contribution < -0.4 is 5.32 Å². The largest absolute Gasteiger partial charge is 0.306 e. The van der Waals surface area contributed by atoms with Crippen LogP contribution in [0.3, 0.4) is 0 Å². The smallest absolute Gasteiger partial charge is 0.129 e. The summed E-state index contributed by atoms with van der Waals surface area (Å²) in [7, 11) is 0. The molecule has 0 aromatic heterocycles. The van der Waals surface area contributed by atoms with Gasteiger partial charge >= 0.3 is 0 Å². The third-order valence-electron chi connectivity index (χ3n) is 3.02. The number of rotatable bonds is 4. The highest BCUT2D eigenvalue weighted by atomic mass is 79.9. The highest BCUT2D eigenvalue weighted by Crippen LogP contribution is 2.21. The van der Waals surface area contributed by atoms with Crippen molar-refractivity contribution in [3.05, 3.63) is 68.9 Å². The monoisotopic (exact) mass is 341 g/mol. The van der Waals surface area contributed by atoms with E-state index in [0.29, 0.717) is 17.1 Å². The first-order valence-corrected chi connectivity index (χ1v) is 7.17. The lowest BCUT2D eigenvalue weighted by atomic mass is 10.1. The van der Waals surface area contributed by atoms with Crippen molar-refractivity contribution in [2.75, 3.05) is 0 Å². The van der Waals surface area contributed by atoms with E-state index < -0.39 is 0 Å². The molecule has 19 heavy (non-hydrogen) atoms. The molecule has 1 nitrogen and oxygen atoms in total. The number of hydrogen-bond acceptors (Lipinski definition) is 1. The number of benzene rings is 2. The molecule has 0 amide bonds. The number of nitrogens with one attached hydrogen (secondary N) is 1. The predicted molar refractivity (Wildman–Crippen MR) is 80.8 cm³/mol. The van der Waals surface area contributed by atoms with E-state index in [1.54, 1.807) is 12.1 Å². The van der Waals surface area contributed by atoms with Gasteiger partial charge in [-0.3, -0.25) is 0 Å². The van der Waals surface area contributed by atoms with Crippen molar-refractivity contribution in [3.63, 3.8) is 0 Å². The summed E-state index contributed by atoms with van der Waals surface area (Å²) >= 11 is 9.40. The maximum Gasteiger partial charge on any atom is 0.129 e. The highest BCUT2D eigenvalue weighted by molar-refractivity contribution is 9.10. The van der Waals surface area contributed by atoms with Gasteiger partial charge in [0.05, 0.1) is 0 Å². The zero-order chi connectivity index (χ0) is 13.8. The summed E-state index contributed by atoms with van der Waals surface area (Å²) in [5, 5.41) is 3.73. The molecule has 0 unspecified atom stereocenters. The standard InChI is InChI=1S/C15H14BrClFN/c1-10(11-5-7-12(16)8-6-11)19-9-13-14(17)3-2-4-15(13)18/h2-8,10,19H,9H2,1H3/t10-/m1/s1. The van der Waals surface area contributed by atoms with E-state index in [9.17, 15) is 4.39 Å². The Morgan fingerprint density at radius 1 is 1.21 bits per heavy atom. The molecule has 0 aliphatic carbocycles. The molecular formula is C15H14BrClFN. The lowest BCUT2D eigenvalue weighted by Gasteiger charge is -2.15. The minimum absolute atomic E-state index is 0.128. The minimum atomic E-state index is -0.275. The van der Waals surface area contributed by atoms with Crippen molar-refractivity contribution in [1.82, 2.24) is 5.32 Å². The maximum atomic E-state index is 13.6. The van der Waals surface area contributed by atoms with Gasteiger partial charge in [0.25, 0.3) is 0 Å².